The number of nitrogens with one attached hydrogen (secondary N) is 1. The van der Waals surface area contributed by atoms with E-state index in [1.54, 1.807) is 48.7 Å². The third kappa shape index (κ3) is 4.13. The van der Waals surface area contributed by atoms with Gasteiger partial charge >= 0.3 is 0 Å². The van der Waals surface area contributed by atoms with Gasteiger partial charge in [0.1, 0.15) is 5.69 Å². The van der Waals surface area contributed by atoms with Crippen molar-refractivity contribution in [2.24, 2.45) is 5.73 Å². The summed E-state index contributed by atoms with van der Waals surface area (Å²) in [6, 6.07) is 13.6. The first-order valence-electron chi connectivity index (χ1n) is 10.1. The van der Waals surface area contributed by atoms with Crippen molar-refractivity contribution in [3.8, 4) is 5.69 Å². The molecule has 9 nitrogen and oxygen atoms in total. The van der Waals surface area contributed by atoms with Crippen LogP contribution in [0.1, 0.15) is 49.6 Å². The number of carbonyl (C=O) groups excluding carboxylic acids is 4. The lowest BCUT2D eigenvalue weighted by Gasteiger charge is -2.13. The van der Waals surface area contributed by atoms with Gasteiger partial charge in [0, 0.05) is 24.8 Å². The number of hydrogen-bond donors (Lipinski definition) is 2. The molecule has 32 heavy (non-hydrogen) atoms. The molecule has 0 atom stereocenters. The van der Waals surface area contributed by atoms with Gasteiger partial charge in [-0.3, -0.25) is 24.1 Å². The van der Waals surface area contributed by atoms with Gasteiger partial charge in [0.2, 0.25) is 5.91 Å². The molecule has 0 bridgehead atoms. The van der Waals surface area contributed by atoms with E-state index in [9.17, 15) is 19.2 Å². The zero-order chi connectivity index (χ0) is 22.8. The van der Waals surface area contributed by atoms with Crippen LogP contribution in [0.2, 0.25) is 0 Å². The maximum Gasteiger partial charge on any atom is 0.269 e. The topological polar surface area (TPSA) is 127 Å². The third-order valence-corrected chi connectivity index (χ3v) is 5.17. The van der Waals surface area contributed by atoms with Crippen LogP contribution in [0.5, 0.6) is 0 Å². The van der Waals surface area contributed by atoms with Crippen LogP contribution in [0.3, 0.4) is 0 Å². The lowest BCUT2D eigenvalue weighted by molar-refractivity contribution is -0.116. The number of fused-ring (bicyclic) bond motifs is 1. The van der Waals surface area contributed by atoms with Crippen LogP contribution in [0.25, 0.3) is 5.69 Å². The number of nitrogens with two attached hydrogens (primary N) is 1. The molecule has 1 aliphatic heterocycles. The normalized spacial score (nSPS) is 12.7. The Bertz CT molecular complexity index is 1230. The van der Waals surface area contributed by atoms with Crippen LogP contribution in [-0.4, -0.2) is 44.9 Å². The minimum atomic E-state index is -0.607. The molecular weight excluding hydrogens is 410 g/mol. The number of rotatable bonds is 7. The molecule has 4 amide bonds. The molecule has 4 rings (SSSR count). The van der Waals surface area contributed by atoms with Crippen LogP contribution in [0.15, 0.2) is 54.7 Å². The van der Waals surface area contributed by atoms with Crippen molar-refractivity contribution in [1.29, 1.82) is 0 Å². The maximum atomic E-state index is 12.5. The van der Waals surface area contributed by atoms with Gasteiger partial charge in [-0.05, 0) is 55.8 Å². The summed E-state index contributed by atoms with van der Waals surface area (Å²) < 4.78 is 1.51. The molecule has 0 saturated carbocycles. The smallest absolute Gasteiger partial charge is 0.269 e. The predicted molar refractivity (Wildman–Crippen MR) is 116 cm³/mol. The van der Waals surface area contributed by atoms with Crippen molar-refractivity contribution in [3.05, 3.63) is 77.1 Å². The Morgan fingerprint density at radius 1 is 1.00 bits per heavy atom. The zero-order valence-electron chi connectivity index (χ0n) is 17.4. The maximum absolute atomic E-state index is 12.5. The van der Waals surface area contributed by atoms with Crippen LogP contribution in [-0.2, 0) is 4.79 Å². The number of anilines is 1. The first kappa shape index (κ1) is 21.0. The van der Waals surface area contributed by atoms with Gasteiger partial charge in [-0.25, -0.2) is 4.68 Å². The van der Waals surface area contributed by atoms with E-state index in [0.29, 0.717) is 28.9 Å². The summed E-state index contributed by atoms with van der Waals surface area (Å²) in [6.07, 6.45) is 2.14. The lowest BCUT2D eigenvalue weighted by atomic mass is 10.1. The monoisotopic (exact) mass is 431 g/mol. The standard InChI is InChI=1S/C23H21N5O4/c1-14-4-9-17-18(13-14)23(32)27(22(17)31)11-2-3-20(29)25-15-5-7-16(8-6-15)28-12-10-19(26-28)21(24)30/h4-10,12-13H,2-3,11H2,1H3,(H2,24,30)(H,25,29). The summed E-state index contributed by atoms with van der Waals surface area (Å²) >= 11 is 0. The molecule has 2 heterocycles. The molecule has 3 aromatic rings. The molecule has 0 fully saturated rings. The SMILES string of the molecule is Cc1ccc2c(c1)C(=O)N(CCCC(=O)Nc1ccc(-n3ccc(C(N)=O)n3)cc1)C2=O. The van der Waals surface area contributed by atoms with E-state index in [4.69, 9.17) is 5.73 Å². The number of imide groups is 1. The molecule has 0 aliphatic carbocycles. The Balaban J connectivity index is 1.29. The van der Waals surface area contributed by atoms with Crippen molar-refractivity contribution in [3.63, 3.8) is 0 Å². The van der Waals surface area contributed by atoms with E-state index < -0.39 is 5.91 Å². The molecule has 3 N–H and O–H groups in total. The number of nitrogens with zero attached hydrogens (tertiary/aromatic N) is 3. The minimum Gasteiger partial charge on any atom is -0.364 e. The van der Waals surface area contributed by atoms with Crippen molar-refractivity contribution < 1.29 is 19.2 Å². The van der Waals surface area contributed by atoms with Crippen molar-refractivity contribution in [1.82, 2.24) is 14.7 Å². The molecule has 9 heteroatoms. The van der Waals surface area contributed by atoms with Gasteiger partial charge in [-0.2, -0.15) is 5.10 Å². The second kappa shape index (κ2) is 8.46. The highest BCUT2D eigenvalue weighted by molar-refractivity contribution is 6.21. The van der Waals surface area contributed by atoms with Crippen LogP contribution in [0, 0.1) is 6.92 Å². The van der Waals surface area contributed by atoms with E-state index in [2.05, 4.69) is 10.4 Å². The molecule has 0 unspecified atom stereocenters. The average molecular weight is 431 g/mol. The average Bonchev–Trinajstić information content (AvgIpc) is 3.34. The largest absolute Gasteiger partial charge is 0.364 e. The molecular formula is C23H21N5O4. The molecule has 0 radical (unpaired) electrons. The van der Waals surface area contributed by atoms with Gasteiger partial charge in [0.25, 0.3) is 17.7 Å². The van der Waals surface area contributed by atoms with Gasteiger partial charge < -0.3 is 11.1 Å². The quantitative estimate of drug-likeness (QED) is 0.555. The van der Waals surface area contributed by atoms with Gasteiger partial charge in [0.15, 0.2) is 0 Å². The van der Waals surface area contributed by atoms with Gasteiger partial charge in [-0.1, -0.05) is 11.6 Å². The van der Waals surface area contributed by atoms with Gasteiger partial charge in [0.05, 0.1) is 16.8 Å². The third-order valence-electron chi connectivity index (χ3n) is 5.17. The van der Waals surface area contributed by atoms with E-state index in [0.717, 1.165) is 5.56 Å². The number of carbonyl (C=O) groups is 4. The number of amides is 4. The molecule has 0 spiro atoms. The summed E-state index contributed by atoms with van der Waals surface area (Å²) in [4.78, 5) is 49.6. The van der Waals surface area contributed by atoms with Crippen molar-refractivity contribution in [2.75, 3.05) is 11.9 Å². The zero-order valence-corrected chi connectivity index (χ0v) is 17.4. The Kier molecular flexibility index (Phi) is 5.55. The minimum absolute atomic E-state index is 0.162. The second-order valence-electron chi connectivity index (χ2n) is 7.52. The van der Waals surface area contributed by atoms with Crippen molar-refractivity contribution >= 4 is 29.3 Å². The van der Waals surface area contributed by atoms with Gasteiger partial charge in [-0.15, -0.1) is 0 Å². The molecule has 2 aromatic carbocycles. The number of hydrogen-bond acceptors (Lipinski definition) is 5. The fraction of sp³-hybridized carbons (Fsp3) is 0.174. The Morgan fingerprint density at radius 2 is 1.72 bits per heavy atom. The number of aryl methyl sites for hydroxylation is 1. The predicted octanol–water partition coefficient (Wildman–Crippen LogP) is 2.29. The number of primary amides is 1. The van der Waals surface area contributed by atoms with Crippen LogP contribution < -0.4 is 11.1 Å². The van der Waals surface area contributed by atoms with Crippen LogP contribution in [0.4, 0.5) is 5.69 Å². The molecule has 162 valence electrons. The summed E-state index contributed by atoms with van der Waals surface area (Å²) in [5.74, 6) is -1.47. The van der Waals surface area contributed by atoms with E-state index in [-0.39, 0.29) is 36.4 Å². The summed E-state index contributed by atoms with van der Waals surface area (Å²) in [5.41, 5.74) is 8.41. The van der Waals surface area contributed by atoms with Crippen molar-refractivity contribution in [2.45, 2.75) is 19.8 Å². The van der Waals surface area contributed by atoms with Crippen LogP contribution >= 0.6 is 0 Å². The highest BCUT2D eigenvalue weighted by atomic mass is 16.2. The highest BCUT2D eigenvalue weighted by Crippen LogP contribution is 2.24. The molecule has 1 aromatic heterocycles. The summed E-state index contributed by atoms with van der Waals surface area (Å²) in [6.45, 7) is 2.05. The Morgan fingerprint density at radius 3 is 2.41 bits per heavy atom. The Labute approximate surface area is 183 Å². The molecule has 0 saturated heterocycles. The summed E-state index contributed by atoms with van der Waals surface area (Å²) in [5, 5.41) is 6.86. The van der Waals surface area contributed by atoms with E-state index in [1.165, 1.54) is 15.6 Å². The molecule has 1 aliphatic rings. The van der Waals surface area contributed by atoms with E-state index >= 15 is 0 Å². The summed E-state index contributed by atoms with van der Waals surface area (Å²) in [7, 11) is 0. The lowest BCUT2D eigenvalue weighted by Crippen LogP contribution is -2.31. The fourth-order valence-electron chi connectivity index (χ4n) is 3.53. The first-order valence-corrected chi connectivity index (χ1v) is 10.1. The number of aromatic nitrogens is 2. The van der Waals surface area contributed by atoms with E-state index in [1.807, 2.05) is 6.92 Å². The second-order valence-corrected chi connectivity index (χ2v) is 7.52. The highest BCUT2D eigenvalue weighted by Gasteiger charge is 2.34. The fourth-order valence-corrected chi connectivity index (χ4v) is 3.53. The number of benzene rings is 2. The first-order chi connectivity index (χ1) is 15.3. The Hall–Kier alpha value is -4.27.